The van der Waals surface area contributed by atoms with Crippen molar-refractivity contribution in [1.82, 2.24) is 9.97 Å². The second-order valence-electron chi connectivity index (χ2n) is 6.04. The molecule has 0 spiro atoms. The molecule has 0 bridgehead atoms. The fourth-order valence-electron chi connectivity index (χ4n) is 3.22. The monoisotopic (exact) mass is 335 g/mol. The first-order chi connectivity index (χ1) is 12.3. The van der Waals surface area contributed by atoms with Crippen molar-refractivity contribution in [3.63, 3.8) is 0 Å². The molecule has 0 saturated carbocycles. The van der Waals surface area contributed by atoms with E-state index >= 15 is 0 Å². The number of benzene rings is 2. The molecule has 25 heavy (non-hydrogen) atoms. The number of rotatable bonds is 4. The zero-order chi connectivity index (χ0) is 17.2. The van der Waals surface area contributed by atoms with Crippen LogP contribution in [0.3, 0.4) is 0 Å². The third kappa shape index (κ3) is 2.98. The first kappa shape index (κ1) is 15.7. The van der Waals surface area contributed by atoms with Gasteiger partial charge in [0.1, 0.15) is 11.6 Å². The Morgan fingerprint density at radius 2 is 1.80 bits per heavy atom. The highest BCUT2D eigenvalue weighted by Gasteiger charge is 2.22. The number of halogens is 1. The van der Waals surface area contributed by atoms with Gasteiger partial charge in [0.2, 0.25) is 0 Å². The molecule has 0 aliphatic heterocycles. The molecular formula is C20H18FN3O. The van der Waals surface area contributed by atoms with Crippen molar-refractivity contribution in [2.75, 3.05) is 18.5 Å². The van der Waals surface area contributed by atoms with Gasteiger partial charge in [0.25, 0.3) is 0 Å². The molecule has 3 aromatic rings. The van der Waals surface area contributed by atoms with Crippen LogP contribution in [0.4, 0.5) is 10.2 Å². The van der Waals surface area contributed by atoms with Crippen LogP contribution in [0, 0.1) is 5.82 Å². The van der Waals surface area contributed by atoms with Gasteiger partial charge in [-0.15, -0.1) is 0 Å². The summed E-state index contributed by atoms with van der Waals surface area (Å²) >= 11 is 0. The number of aromatic nitrogens is 2. The van der Waals surface area contributed by atoms with E-state index in [1.165, 1.54) is 17.7 Å². The van der Waals surface area contributed by atoms with Gasteiger partial charge in [0, 0.05) is 23.2 Å². The quantitative estimate of drug-likeness (QED) is 0.767. The molecule has 0 saturated heterocycles. The number of anilines is 1. The maximum Gasteiger partial charge on any atom is 0.162 e. The minimum absolute atomic E-state index is 0.0290. The smallest absolute Gasteiger partial charge is 0.162 e. The van der Waals surface area contributed by atoms with Gasteiger partial charge >= 0.3 is 0 Å². The predicted octanol–water partition coefficient (Wildman–Crippen LogP) is 3.45. The average Bonchev–Trinajstić information content (AvgIpc) is 2.66. The van der Waals surface area contributed by atoms with Gasteiger partial charge in [0.05, 0.1) is 12.3 Å². The third-order valence-electron chi connectivity index (χ3n) is 4.43. The first-order valence-electron chi connectivity index (χ1n) is 8.36. The lowest BCUT2D eigenvalue weighted by molar-refractivity contribution is 0.311. The topological polar surface area (TPSA) is 58.0 Å². The van der Waals surface area contributed by atoms with Crippen LogP contribution in [0.2, 0.25) is 0 Å². The minimum atomic E-state index is -0.286. The largest absolute Gasteiger partial charge is 0.395 e. The molecule has 0 unspecified atom stereocenters. The van der Waals surface area contributed by atoms with Crippen molar-refractivity contribution in [2.45, 2.75) is 12.8 Å². The Balaban J connectivity index is 1.89. The van der Waals surface area contributed by atoms with E-state index in [2.05, 4.69) is 22.4 Å². The lowest BCUT2D eigenvalue weighted by Gasteiger charge is -2.22. The molecule has 1 aliphatic rings. The van der Waals surface area contributed by atoms with Crippen LogP contribution in [0.25, 0.3) is 22.6 Å². The van der Waals surface area contributed by atoms with Crippen LogP contribution in [0.5, 0.6) is 0 Å². The summed E-state index contributed by atoms with van der Waals surface area (Å²) in [4.78, 5) is 9.43. The molecule has 4 nitrogen and oxygen atoms in total. The summed E-state index contributed by atoms with van der Waals surface area (Å²) in [5.74, 6) is 1.01. The van der Waals surface area contributed by atoms with Gasteiger partial charge in [-0.05, 0) is 42.7 Å². The maximum atomic E-state index is 13.2. The molecule has 1 aromatic heterocycles. The van der Waals surface area contributed by atoms with Crippen molar-refractivity contribution in [2.24, 2.45) is 0 Å². The van der Waals surface area contributed by atoms with Crippen LogP contribution >= 0.6 is 0 Å². The number of fused-ring (bicyclic) bond motifs is 3. The van der Waals surface area contributed by atoms with Gasteiger partial charge in [-0.3, -0.25) is 0 Å². The normalized spacial score (nSPS) is 12.4. The second kappa shape index (κ2) is 6.61. The number of nitrogens with one attached hydrogen (secondary N) is 1. The van der Waals surface area contributed by atoms with Crippen molar-refractivity contribution >= 4 is 5.82 Å². The summed E-state index contributed by atoms with van der Waals surface area (Å²) in [6.07, 6.45) is 1.79. The molecule has 0 radical (unpaired) electrons. The van der Waals surface area contributed by atoms with Crippen molar-refractivity contribution in [3.8, 4) is 22.6 Å². The van der Waals surface area contributed by atoms with E-state index < -0.39 is 0 Å². The van der Waals surface area contributed by atoms with Gasteiger partial charge in [-0.2, -0.15) is 0 Å². The van der Waals surface area contributed by atoms with E-state index in [-0.39, 0.29) is 12.4 Å². The number of aliphatic hydroxyl groups excluding tert-OH is 1. The Bertz CT molecular complexity index is 909. The van der Waals surface area contributed by atoms with Crippen molar-refractivity contribution in [3.05, 3.63) is 65.5 Å². The molecule has 2 N–H and O–H groups in total. The maximum absolute atomic E-state index is 13.2. The van der Waals surface area contributed by atoms with E-state index in [9.17, 15) is 4.39 Å². The molecule has 1 aliphatic carbocycles. The van der Waals surface area contributed by atoms with Crippen molar-refractivity contribution < 1.29 is 9.50 Å². The summed E-state index contributed by atoms with van der Waals surface area (Å²) in [6, 6.07) is 14.4. The Hall–Kier alpha value is -2.79. The number of nitrogens with zero attached hydrogens (tertiary/aromatic N) is 2. The van der Waals surface area contributed by atoms with E-state index in [1.807, 2.05) is 12.1 Å². The van der Waals surface area contributed by atoms with Gasteiger partial charge in [0.15, 0.2) is 5.82 Å². The lowest BCUT2D eigenvalue weighted by atomic mass is 9.89. The van der Waals surface area contributed by atoms with Crippen LogP contribution in [-0.2, 0) is 12.8 Å². The molecule has 4 rings (SSSR count). The highest BCUT2D eigenvalue weighted by Crippen LogP contribution is 2.36. The van der Waals surface area contributed by atoms with E-state index in [0.29, 0.717) is 12.4 Å². The summed E-state index contributed by atoms with van der Waals surface area (Å²) < 4.78 is 13.2. The lowest BCUT2D eigenvalue weighted by Crippen LogP contribution is -2.15. The molecular weight excluding hydrogens is 317 g/mol. The molecule has 126 valence electrons. The van der Waals surface area contributed by atoms with Gasteiger partial charge in [-0.25, -0.2) is 14.4 Å². The second-order valence-corrected chi connectivity index (χ2v) is 6.04. The van der Waals surface area contributed by atoms with Crippen LogP contribution < -0.4 is 5.32 Å². The highest BCUT2D eigenvalue weighted by molar-refractivity contribution is 5.76. The Labute approximate surface area is 145 Å². The summed E-state index contributed by atoms with van der Waals surface area (Å²) in [7, 11) is 0. The minimum Gasteiger partial charge on any atom is -0.395 e. The molecule has 5 heteroatoms. The molecule has 0 atom stereocenters. The Morgan fingerprint density at radius 1 is 1.00 bits per heavy atom. The standard InChI is InChI=1S/C20H18FN3O/c21-15-8-5-14(6-9-15)19-23-18-16-4-2-1-3-13(16)7-10-17(18)20(24-19)22-11-12-25/h1-6,8-9,25H,7,10-12H2,(H,22,23,24). The van der Waals surface area contributed by atoms with E-state index in [0.717, 1.165) is 41.0 Å². The Morgan fingerprint density at radius 3 is 2.60 bits per heavy atom. The number of aryl methyl sites for hydroxylation is 1. The number of aliphatic hydroxyl groups is 1. The zero-order valence-electron chi connectivity index (χ0n) is 13.7. The van der Waals surface area contributed by atoms with E-state index in [4.69, 9.17) is 10.1 Å². The van der Waals surface area contributed by atoms with Gasteiger partial charge < -0.3 is 10.4 Å². The fraction of sp³-hybridized carbons (Fsp3) is 0.200. The Kier molecular flexibility index (Phi) is 4.15. The molecule has 2 aromatic carbocycles. The third-order valence-corrected chi connectivity index (χ3v) is 4.43. The average molecular weight is 335 g/mol. The highest BCUT2D eigenvalue weighted by atomic mass is 19.1. The number of hydrogen-bond donors (Lipinski definition) is 2. The van der Waals surface area contributed by atoms with Crippen molar-refractivity contribution in [1.29, 1.82) is 0 Å². The van der Waals surface area contributed by atoms with Gasteiger partial charge in [-0.1, -0.05) is 24.3 Å². The van der Waals surface area contributed by atoms with E-state index in [1.54, 1.807) is 12.1 Å². The molecule has 0 amide bonds. The fourth-order valence-corrected chi connectivity index (χ4v) is 3.22. The summed E-state index contributed by atoms with van der Waals surface area (Å²) in [6.45, 7) is 0.454. The molecule has 0 fully saturated rings. The summed E-state index contributed by atoms with van der Waals surface area (Å²) in [5, 5.41) is 12.4. The van der Waals surface area contributed by atoms with Crippen LogP contribution in [0.15, 0.2) is 48.5 Å². The SMILES string of the molecule is OCCNc1nc(-c2ccc(F)cc2)nc2c1CCc1ccccc1-2. The van der Waals surface area contributed by atoms with Crippen LogP contribution in [0.1, 0.15) is 11.1 Å². The molecule has 1 heterocycles. The predicted molar refractivity (Wildman–Crippen MR) is 95.8 cm³/mol. The van der Waals surface area contributed by atoms with Crippen LogP contribution in [-0.4, -0.2) is 28.2 Å². The number of hydrogen-bond acceptors (Lipinski definition) is 4. The first-order valence-corrected chi connectivity index (χ1v) is 8.36. The zero-order valence-corrected chi connectivity index (χ0v) is 13.7. The summed E-state index contributed by atoms with van der Waals surface area (Å²) in [5.41, 5.74) is 5.13.